The van der Waals surface area contributed by atoms with Crippen molar-refractivity contribution in [3.05, 3.63) is 52.4 Å². The van der Waals surface area contributed by atoms with E-state index in [1.807, 2.05) is 23.1 Å². The maximum atomic E-state index is 13.2. The van der Waals surface area contributed by atoms with Gasteiger partial charge in [-0.05, 0) is 74.1 Å². The van der Waals surface area contributed by atoms with Gasteiger partial charge in [0.05, 0.1) is 11.4 Å². The van der Waals surface area contributed by atoms with Gasteiger partial charge in [0.15, 0.2) is 0 Å². The van der Waals surface area contributed by atoms with E-state index in [-0.39, 0.29) is 17.0 Å². The van der Waals surface area contributed by atoms with Crippen molar-refractivity contribution < 1.29 is 4.79 Å². The lowest BCUT2D eigenvalue weighted by molar-refractivity contribution is 0.0631. The minimum Gasteiger partial charge on any atom is -0.335 e. The third-order valence-corrected chi connectivity index (χ3v) is 6.45. The number of hydrogen-bond acceptors (Lipinski definition) is 3. The summed E-state index contributed by atoms with van der Waals surface area (Å²) in [6, 6.07) is 9.33. The average molecular weight is 349 g/mol. The van der Waals surface area contributed by atoms with Crippen LogP contribution in [0.3, 0.4) is 0 Å². The van der Waals surface area contributed by atoms with E-state index >= 15 is 0 Å². The van der Waals surface area contributed by atoms with Gasteiger partial charge in [-0.3, -0.25) is 14.6 Å². The van der Waals surface area contributed by atoms with E-state index in [4.69, 9.17) is 0 Å². The van der Waals surface area contributed by atoms with Crippen LogP contribution in [0.1, 0.15) is 42.5 Å². The van der Waals surface area contributed by atoms with Gasteiger partial charge in [0, 0.05) is 18.8 Å². The summed E-state index contributed by atoms with van der Waals surface area (Å²) in [5.41, 5.74) is 1.28. The molecule has 2 unspecified atom stereocenters. The first-order chi connectivity index (χ1) is 12.7. The van der Waals surface area contributed by atoms with Crippen molar-refractivity contribution in [3.8, 4) is 11.4 Å². The van der Waals surface area contributed by atoms with Gasteiger partial charge in [-0.2, -0.15) is 0 Å². The summed E-state index contributed by atoms with van der Waals surface area (Å²) < 4.78 is 0. The fourth-order valence-corrected chi connectivity index (χ4v) is 5.50. The highest BCUT2D eigenvalue weighted by atomic mass is 16.2. The van der Waals surface area contributed by atoms with Gasteiger partial charge in [0.2, 0.25) is 0 Å². The smallest absolute Gasteiger partial charge is 0.261 e. The Hall–Kier alpha value is -2.43. The highest BCUT2D eigenvalue weighted by Crippen LogP contribution is 2.47. The molecule has 2 atom stereocenters. The number of nitrogens with zero attached hydrogens (tertiary/aromatic N) is 2. The zero-order valence-electron chi connectivity index (χ0n) is 14.7. The summed E-state index contributed by atoms with van der Waals surface area (Å²) in [7, 11) is 0. The molecule has 4 heterocycles. The molecule has 2 aromatic rings. The van der Waals surface area contributed by atoms with E-state index in [2.05, 4.69) is 9.97 Å². The number of amides is 1. The number of nitrogens with one attached hydrogen (secondary N) is 1. The van der Waals surface area contributed by atoms with Crippen molar-refractivity contribution in [2.24, 2.45) is 17.8 Å². The summed E-state index contributed by atoms with van der Waals surface area (Å²) in [6.45, 7) is 0.817. The minimum absolute atomic E-state index is 0.1000. The lowest BCUT2D eigenvalue weighted by atomic mass is 9.68. The molecule has 6 rings (SSSR count). The Morgan fingerprint density at radius 2 is 1.77 bits per heavy atom. The molecule has 1 N–H and O–H groups in total. The molecule has 5 heteroatoms. The van der Waals surface area contributed by atoms with E-state index in [0.29, 0.717) is 23.3 Å². The lowest BCUT2D eigenvalue weighted by Gasteiger charge is -2.38. The first-order valence-corrected chi connectivity index (χ1v) is 9.63. The zero-order valence-corrected chi connectivity index (χ0v) is 14.7. The summed E-state index contributed by atoms with van der Waals surface area (Å²) in [5, 5.41) is 0. The van der Waals surface area contributed by atoms with Crippen LogP contribution in [0.2, 0.25) is 0 Å². The molecule has 4 fully saturated rings. The van der Waals surface area contributed by atoms with Gasteiger partial charge in [-0.1, -0.05) is 6.07 Å². The number of rotatable bonds is 2. The number of hydrogen-bond donors (Lipinski definition) is 1. The molecule has 2 aliphatic heterocycles. The highest BCUT2D eigenvalue weighted by Gasteiger charge is 2.44. The number of carbonyl (C=O) groups is 1. The van der Waals surface area contributed by atoms with Crippen molar-refractivity contribution in [2.45, 2.75) is 38.1 Å². The van der Waals surface area contributed by atoms with Crippen LogP contribution in [0.5, 0.6) is 0 Å². The summed E-state index contributed by atoms with van der Waals surface area (Å²) in [5.74, 6) is 2.07. The third-order valence-electron chi connectivity index (χ3n) is 6.45. The Labute approximate surface area is 152 Å². The summed E-state index contributed by atoms with van der Waals surface area (Å²) in [6.07, 6.45) is 7.77. The molecular formula is C21H23N3O2. The molecule has 4 bridgehead atoms. The molecule has 5 nitrogen and oxygen atoms in total. The molecule has 2 saturated heterocycles. The van der Waals surface area contributed by atoms with Gasteiger partial charge >= 0.3 is 0 Å². The molecule has 4 aliphatic rings. The van der Waals surface area contributed by atoms with Crippen molar-refractivity contribution in [1.82, 2.24) is 14.9 Å². The van der Waals surface area contributed by atoms with Crippen LogP contribution < -0.4 is 5.56 Å². The summed E-state index contributed by atoms with van der Waals surface area (Å²) >= 11 is 0. The zero-order chi connectivity index (χ0) is 17.7. The summed E-state index contributed by atoms with van der Waals surface area (Å²) in [4.78, 5) is 34.9. The van der Waals surface area contributed by atoms with Crippen molar-refractivity contribution in [1.29, 1.82) is 0 Å². The Morgan fingerprint density at radius 1 is 1.00 bits per heavy atom. The van der Waals surface area contributed by atoms with Crippen molar-refractivity contribution in [3.63, 3.8) is 0 Å². The Balaban J connectivity index is 1.45. The van der Waals surface area contributed by atoms with Crippen LogP contribution in [0.15, 0.2) is 41.3 Å². The second-order valence-corrected chi connectivity index (χ2v) is 8.22. The largest absolute Gasteiger partial charge is 0.335 e. The maximum Gasteiger partial charge on any atom is 0.261 e. The number of aromatic amines is 1. The number of fused-ring (bicyclic) bond motifs is 1. The van der Waals surface area contributed by atoms with Gasteiger partial charge in [-0.25, -0.2) is 0 Å². The standard InChI is InChI=1S/C21H23N3O2/c25-20-17(4-5-19(23-20)18-3-1-2-6-22-18)21(26)24-12-15-8-13-7-14(9-15)11-16(24)10-13/h1-6,13-16H,7-12H2,(H,23,25). The predicted molar refractivity (Wildman–Crippen MR) is 98.7 cm³/mol. The second kappa shape index (κ2) is 6.08. The normalized spacial score (nSPS) is 29.6. The fourth-order valence-electron chi connectivity index (χ4n) is 5.50. The first-order valence-electron chi connectivity index (χ1n) is 9.63. The quantitative estimate of drug-likeness (QED) is 0.906. The Morgan fingerprint density at radius 3 is 2.46 bits per heavy atom. The average Bonchev–Trinajstić information content (AvgIpc) is 2.85. The van der Waals surface area contributed by atoms with Gasteiger partial charge in [0.25, 0.3) is 11.5 Å². The van der Waals surface area contributed by atoms with Gasteiger partial charge < -0.3 is 9.88 Å². The van der Waals surface area contributed by atoms with E-state index in [1.54, 1.807) is 18.3 Å². The van der Waals surface area contributed by atoms with E-state index < -0.39 is 0 Å². The van der Waals surface area contributed by atoms with E-state index in [1.165, 1.54) is 19.3 Å². The molecular weight excluding hydrogens is 326 g/mol. The number of pyridine rings is 2. The highest BCUT2D eigenvalue weighted by molar-refractivity contribution is 5.94. The van der Waals surface area contributed by atoms with Crippen LogP contribution in [0.4, 0.5) is 0 Å². The molecule has 1 amide bonds. The molecule has 2 aromatic heterocycles. The molecule has 2 saturated carbocycles. The predicted octanol–water partition coefficient (Wildman–Crippen LogP) is 3.09. The molecule has 0 radical (unpaired) electrons. The molecule has 0 aromatic carbocycles. The second-order valence-electron chi connectivity index (χ2n) is 8.22. The maximum absolute atomic E-state index is 13.2. The Kier molecular flexibility index (Phi) is 3.69. The molecule has 2 aliphatic carbocycles. The van der Waals surface area contributed by atoms with Crippen LogP contribution in [-0.2, 0) is 0 Å². The molecule has 26 heavy (non-hydrogen) atoms. The van der Waals surface area contributed by atoms with Crippen molar-refractivity contribution in [2.75, 3.05) is 6.54 Å². The lowest BCUT2D eigenvalue weighted by Crippen LogP contribution is -2.43. The SMILES string of the molecule is O=C(c1ccc(-c2ccccn2)[nH]c1=O)N1CC2CC3CC(C2)CC1C3. The number of aromatic nitrogens is 2. The monoisotopic (exact) mass is 349 g/mol. The Bertz CT molecular complexity index is 878. The topological polar surface area (TPSA) is 66.1 Å². The van der Waals surface area contributed by atoms with E-state index in [9.17, 15) is 9.59 Å². The van der Waals surface area contributed by atoms with Crippen LogP contribution in [0, 0.1) is 17.8 Å². The van der Waals surface area contributed by atoms with Gasteiger partial charge in [0.1, 0.15) is 5.56 Å². The third kappa shape index (κ3) is 2.66. The van der Waals surface area contributed by atoms with Crippen LogP contribution in [0.25, 0.3) is 11.4 Å². The minimum atomic E-state index is -0.317. The first kappa shape index (κ1) is 15.8. The molecule has 0 spiro atoms. The fraction of sp³-hybridized carbons (Fsp3) is 0.476. The van der Waals surface area contributed by atoms with Crippen LogP contribution in [-0.4, -0.2) is 33.4 Å². The van der Waals surface area contributed by atoms with Crippen LogP contribution >= 0.6 is 0 Å². The van der Waals surface area contributed by atoms with Crippen molar-refractivity contribution >= 4 is 5.91 Å². The van der Waals surface area contributed by atoms with E-state index in [0.717, 1.165) is 31.2 Å². The van der Waals surface area contributed by atoms with Gasteiger partial charge in [-0.15, -0.1) is 0 Å². The number of H-pyrrole nitrogens is 1. The molecule has 134 valence electrons. The number of carbonyl (C=O) groups excluding carboxylic acids is 1.